The number of ether oxygens (including phenoxy) is 2. The summed E-state index contributed by atoms with van der Waals surface area (Å²) in [6, 6.07) is 15.5. The van der Waals surface area contributed by atoms with Crippen molar-refractivity contribution in [1.82, 2.24) is 0 Å². The molecule has 3 nitrogen and oxygen atoms in total. The van der Waals surface area contributed by atoms with E-state index >= 15 is 0 Å². The monoisotopic (exact) mass is 315 g/mol. The maximum atomic E-state index is 9.37. The summed E-state index contributed by atoms with van der Waals surface area (Å²) in [5.74, 6) is 1.17. The number of nitriles is 1. The lowest BCUT2D eigenvalue weighted by Gasteiger charge is -2.13. The molecule has 0 N–H and O–H groups in total. The minimum Gasteiger partial charge on any atom is -0.497 e. The van der Waals surface area contributed by atoms with E-state index < -0.39 is 0 Å². The number of rotatable bonds is 6. The van der Waals surface area contributed by atoms with Crippen molar-refractivity contribution in [2.24, 2.45) is 0 Å². The van der Waals surface area contributed by atoms with Crippen LogP contribution in [-0.2, 0) is 0 Å². The smallest absolute Gasteiger partial charge is 0.138 e. The van der Waals surface area contributed by atoms with Gasteiger partial charge >= 0.3 is 0 Å². The predicted molar refractivity (Wildman–Crippen MR) is 87.6 cm³/mol. The van der Waals surface area contributed by atoms with Gasteiger partial charge in [0.25, 0.3) is 0 Å². The third kappa shape index (κ3) is 4.16. The maximum absolute atomic E-state index is 9.37. The highest BCUT2D eigenvalue weighted by atomic mass is 35.5. The van der Waals surface area contributed by atoms with Gasteiger partial charge in [0, 0.05) is 6.42 Å². The average Bonchev–Trinajstić information content (AvgIpc) is 2.54. The lowest BCUT2D eigenvalue weighted by molar-refractivity contribution is 0.306. The minimum atomic E-state index is -0.237. The second-order valence-corrected chi connectivity index (χ2v) is 5.44. The lowest BCUT2D eigenvalue weighted by atomic mass is 9.97. The van der Waals surface area contributed by atoms with Crippen LogP contribution in [0.4, 0.5) is 0 Å². The molecule has 1 atom stereocenters. The molecule has 0 saturated carbocycles. The van der Waals surface area contributed by atoms with Crippen LogP contribution in [-0.4, -0.2) is 13.7 Å². The number of methoxy groups -OCH3 is 1. The Bertz CT molecular complexity index is 679. The Kier molecular flexibility index (Phi) is 5.68. The van der Waals surface area contributed by atoms with Crippen LogP contribution in [0, 0.1) is 18.3 Å². The van der Waals surface area contributed by atoms with Gasteiger partial charge in [-0.15, -0.1) is 0 Å². The first-order valence-corrected chi connectivity index (χ1v) is 7.44. The Morgan fingerprint density at radius 3 is 2.77 bits per heavy atom. The van der Waals surface area contributed by atoms with Crippen LogP contribution < -0.4 is 9.47 Å². The van der Waals surface area contributed by atoms with Gasteiger partial charge in [-0.2, -0.15) is 5.26 Å². The molecule has 0 saturated heterocycles. The summed E-state index contributed by atoms with van der Waals surface area (Å²) < 4.78 is 10.9. The van der Waals surface area contributed by atoms with Crippen molar-refractivity contribution in [2.75, 3.05) is 13.7 Å². The van der Waals surface area contributed by atoms with Gasteiger partial charge in [0.2, 0.25) is 0 Å². The molecule has 0 aromatic heterocycles. The fourth-order valence-electron chi connectivity index (χ4n) is 2.17. The summed E-state index contributed by atoms with van der Waals surface area (Å²) in [5.41, 5.74) is 2.02. The van der Waals surface area contributed by atoms with Crippen molar-refractivity contribution < 1.29 is 9.47 Å². The zero-order valence-corrected chi connectivity index (χ0v) is 13.4. The summed E-state index contributed by atoms with van der Waals surface area (Å²) in [7, 11) is 1.61. The molecule has 0 radical (unpaired) electrons. The summed E-state index contributed by atoms with van der Waals surface area (Å²) >= 11 is 6.10. The van der Waals surface area contributed by atoms with E-state index in [9.17, 15) is 5.26 Å². The number of nitrogens with zero attached hydrogens (tertiary/aromatic N) is 1. The summed E-state index contributed by atoms with van der Waals surface area (Å²) in [6.07, 6.45) is 0.591. The predicted octanol–water partition coefficient (Wildman–Crippen LogP) is 4.73. The normalized spacial score (nSPS) is 11.5. The van der Waals surface area contributed by atoms with Crippen molar-refractivity contribution in [3.05, 3.63) is 58.6 Å². The van der Waals surface area contributed by atoms with E-state index in [4.69, 9.17) is 21.1 Å². The molecule has 0 amide bonds. The molecule has 0 aliphatic rings. The SMILES string of the molecule is COc1cccc(C(C#N)CCOc2cc(C)ccc2Cl)c1. The first-order chi connectivity index (χ1) is 10.6. The van der Waals surface area contributed by atoms with E-state index in [-0.39, 0.29) is 5.92 Å². The average molecular weight is 316 g/mol. The van der Waals surface area contributed by atoms with Gasteiger partial charge in [0.15, 0.2) is 0 Å². The van der Waals surface area contributed by atoms with E-state index in [1.54, 1.807) is 7.11 Å². The first-order valence-electron chi connectivity index (χ1n) is 7.06. The molecule has 4 heteroatoms. The highest BCUT2D eigenvalue weighted by Gasteiger charge is 2.12. The molecule has 0 heterocycles. The molecule has 0 fully saturated rings. The summed E-state index contributed by atoms with van der Waals surface area (Å²) in [6.45, 7) is 2.41. The topological polar surface area (TPSA) is 42.2 Å². The van der Waals surface area contributed by atoms with E-state index in [2.05, 4.69) is 6.07 Å². The summed E-state index contributed by atoms with van der Waals surface area (Å²) in [5, 5.41) is 9.95. The van der Waals surface area contributed by atoms with Crippen molar-refractivity contribution in [1.29, 1.82) is 5.26 Å². The molecule has 2 aromatic carbocycles. The van der Waals surface area contributed by atoms with E-state index in [1.807, 2.05) is 49.4 Å². The van der Waals surface area contributed by atoms with Crippen LogP contribution in [0.25, 0.3) is 0 Å². The third-order valence-electron chi connectivity index (χ3n) is 3.40. The van der Waals surface area contributed by atoms with Gasteiger partial charge in [0.1, 0.15) is 11.5 Å². The molecule has 22 heavy (non-hydrogen) atoms. The Balaban J connectivity index is 1.99. The molecule has 2 aromatic rings. The van der Waals surface area contributed by atoms with Crippen molar-refractivity contribution >= 4 is 11.6 Å². The lowest BCUT2D eigenvalue weighted by Crippen LogP contribution is -2.05. The summed E-state index contributed by atoms with van der Waals surface area (Å²) in [4.78, 5) is 0. The molecule has 0 aliphatic heterocycles. The highest BCUT2D eigenvalue weighted by Crippen LogP contribution is 2.27. The molecule has 114 valence electrons. The molecule has 0 spiro atoms. The first kappa shape index (κ1) is 16.2. The molecule has 1 unspecified atom stereocenters. The number of benzene rings is 2. The fraction of sp³-hybridized carbons (Fsp3) is 0.278. The number of aryl methyl sites for hydroxylation is 1. The Labute approximate surface area is 136 Å². The van der Waals surface area contributed by atoms with Crippen LogP contribution in [0.15, 0.2) is 42.5 Å². The third-order valence-corrected chi connectivity index (χ3v) is 3.72. The van der Waals surface area contributed by atoms with Gasteiger partial charge < -0.3 is 9.47 Å². The van der Waals surface area contributed by atoms with Gasteiger partial charge in [-0.1, -0.05) is 29.8 Å². The van der Waals surface area contributed by atoms with Crippen molar-refractivity contribution in [3.8, 4) is 17.6 Å². The second kappa shape index (κ2) is 7.72. The zero-order valence-electron chi connectivity index (χ0n) is 12.7. The molecular weight excluding hydrogens is 298 g/mol. The van der Waals surface area contributed by atoms with Crippen molar-refractivity contribution in [3.63, 3.8) is 0 Å². The minimum absolute atomic E-state index is 0.237. The van der Waals surface area contributed by atoms with Gasteiger partial charge in [0.05, 0.1) is 30.7 Å². The van der Waals surface area contributed by atoms with Gasteiger partial charge in [-0.25, -0.2) is 0 Å². The van der Waals surface area contributed by atoms with E-state index in [0.29, 0.717) is 23.8 Å². The molecule has 0 aliphatic carbocycles. The van der Waals surface area contributed by atoms with Crippen LogP contribution in [0.2, 0.25) is 5.02 Å². The zero-order chi connectivity index (χ0) is 15.9. The largest absolute Gasteiger partial charge is 0.497 e. The van der Waals surface area contributed by atoms with Crippen LogP contribution >= 0.6 is 11.6 Å². The second-order valence-electron chi connectivity index (χ2n) is 5.03. The maximum Gasteiger partial charge on any atom is 0.138 e. The Morgan fingerprint density at radius 2 is 2.05 bits per heavy atom. The van der Waals surface area contributed by atoms with Crippen molar-refractivity contribution in [2.45, 2.75) is 19.3 Å². The number of halogens is 1. The number of hydrogen-bond acceptors (Lipinski definition) is 3. The van der Waals surface area contributed by atoms with Gasteiger partial charge in [-0.05, 0) is 42.3 Å². The van der Waals surface area contributed by atoms with Crippen LogP contribution in [0.1, 0.15) is 23.5 Å². The van der Waals surface area contributed by atoms with Gasteiger partial charge in [-0.3, -0.25) is 0 Å². The van der Waals surface area contributed by atoms with E-state index in [1.165, 1.54) is 0 Å². The fourth-order valence-corrected chi connectivity index (χ4v) is 2.34. The van der Waals surface area contributed by atoms with Crippen LogP contribution in [0.3, 0.4) is 0 Å². The Morgan fingerprint density at radius 1 is 1.23 bits per heavy atom. The quantitative estimate of drug-likeness (QED) is 0.773. The standard InChI is InChI=1S/C18H18ClNO2/c1-13-6-7-17(19)18(10-13)22-9-8-15(12-20)14-4-3-5-16(11-14)21-2/h3-7,10-11,15H,8-9H2,1-2H3. The molecular formula is C18H18ClNO2. The van der Waals surface area contributed by atoms with E-state index in [0.717, 1.165) is 16.9 Å². The highest BCUT2D eigenvalue weighted by molar-refractivity contribution is 6.32. The van der Waals surface area contributed by atoms with Crippen LogP contribution in [0.5, 0.6) is 11.5 Å². The molecule has 0 bridgehead atoms. The molecule has 2 rings (SSSR count). The Hall–Kier alpha value is -2.18. The number of hydrogen-bond donors (Lipinski definition) is 0.